The molecule has 0 bridgehead atoms. The predicted octanol–water partition coefficient (Wildman–Crippen LogP) is 4.56. The van der Waals surface area contributed by atoms with Gasteiger partial charge in [-0.25, -0.2) is 4.39 Å². The zero-order valence-electron chi connectivity index (χ0n) is 16.6. The first kappa shape index (κ1) is 20.9. The number of amides is 1. The number of halogens is 2. The second-order valence-electron chi connectivity index (χ2n) is 7.32. The quantitative estimate of drug-likeness (QED) is 0.566. The number of benzene rings is 2. The lowest BCUT2D eigenvalue weighted by Crippen LogP contribution is -2.25. The summed E-state index contributed by atoms with van der Waals surface area (Å²) in [6, 6.07) is 10.9. The SMILES string of the molecule is Cn1c(SCC(=O)NCc2c(F)cccc2Cl)nnc1-c1ccc2c(c1)CCCC2. The third kappa shape index (κ3) is 4.52. The molecular formula is C22H22ClFN4OS. The van der Waals surface area contributed by atoms with Crippen LogP contribution in [0.1, 0.15) is 29.5 Å². The van der Waals surface area contributed by atoms with Gasteiger partial charge in [0.05, 0.1) is 5.75 Å². The maximum atomic E-state index is 13.8. The van der Waals surface area contributed by atoms with Gasteiger partial charge in [0.1, 0.15) is 5.82 Å². The van der Waals surface area contributed by atoms with Crippen molar-refractivity contribution in [3.05, 3.63) is 63.9 Å². The molecule has 1 heterocycles. The lowest BCUT2D eigenvalue weighted by atomic mass is 9.90. The monoisotopic (exact) mass is 444 g/mol. The lowest BCUT2D eigenvalue weighted by molar-refractivity contribution is -0.118. The Bertz CT molecular complexity index is 1060. The van der Waals surface area contributed by atoms with Crippen LogP contribution in [0.4, 0.5) is 4.39 Å². The summed E-state index contributed by atoms with van der Waals surface area (Å²) in [6.45, 7) is 0.0457. The van der Waals surface area contributed by atoms with Gasteiger partial charge >= 0.3 is 0 Å². The molecule has 0 fully saturated rings. The standard InChI is InChI=1S/C22H22ClFN4OS/c1-28-21(16-10-9-14-5-2-3-6-15(14)11-16)26-27-22(28)30-13-20(29)25-12-17-18(23)7-4-8-19(17)24/h4,7-11H,2-3,5-6,12-13H2,1H3,(H,25,29). The molecule has 0 saturated heterocycles. The molecule has 156 valence electrons. The van der Waals surface area contributed by atoms with E-state index >= 15 is 0 Å². The first-order valence-electron chi connectivity index (χ1n) is 9.87. The molecule has 1 amide bonds. The number of thioether (sulfide) groups is 1. The van der Waals surface area contributed by atoms with E-state index in [-0.39, 0.29) is 23.8 Å². The van der Waals surface area contributed by atoms with Gasteiger partial charge in [-0.2, -0.15) is 0 Å². The van der Waals surface area contributed by atoms with Gasteiger partial charge in [-0.05, 0) is 55.0 Å². The van der Waals surface area contributed by atoms with Crippen molar-refractivity contribution in [2.75, 3.05) is 5.75 Å². The highest BCUT2D eigenvalue weighted by atomic mass is 35.5. The van der Waals surface area contributed by atoms with Gasteiger partial charge in [0, 0.05) is 29.7 Å². The van der Waals surface area contributed by atoms with Gasteiger partial charge in [-0.3, -0.25) is 4.79 Å². The highest BCUT2D eigenvalue weighted by Crippen LogP contribution is 2.28. The topological polar surface area (TPSA) is 59.8 Å². The molecule has 0 aliphatic heterocycles. The molecule has 1 aliphatic carbocycles. The molecule has 0 atom stereocenters. The van der Waals surface area contributed by atoms with Gasteiger partial charge < -0.3 is 9.88 Å². The molecule has 1 N–H and O–H groups in total. The Hall–Kier alpha value is -2.38. The third-order valence-corrected chi connectivity index (χ3v) is 6.67. The first-order chi connectivity index (χ1) is 14.5. The second-order valence-corrected chi connectivity index (χ2v) is 8.67. The number of carbonyl (C=O) groups excluding carboxylic acids is 1. The average Bonchev–Trinajstić information content (AvgIpc) is 3.12. The minimum atomic E-state index is -0.432. The van der Waals surface area contributed by atoms with Gasteiger partial charge in [-0.15, -0.1) is 10.2 Å². The summed E-state index contributed by atoms with van der Waals surface area (Å²) in [6.07, 6.45) is 4.73. The van der Waals surface area contributed by atoms with Crippen molar-refractivity contribution in [1.82, 2.24) is 20.1 Å². The Balaban J connectivity index is 1.38. The lowest BCUT2D eigenvalue weighted by Gasteiger charge is -2.16. The number of nitrogens with zero attached hydrogens (tertiary/aromatic N) is 3. The van der Waals surface area contributed by atoms with Crippen LogP contribution in [0.3, 0.4) is 0 Å². The number of aromatic nitrogens is 3. The molecule has 0 saturated carbocycles. The molecule has 30 heavy (non-hydrogen) atoms. The Morgan fingerprint density at radius 1 is 1.20 bits per heavy atom. The zero-order chi connectivity index (χ0) is 21.1. The fourth-order valence-corrected chi connectivity index (χ4v) is 4.60. The normalized spacial score (nSPS) is 13.2. The molecule has 3 aromatic rings. The van der Waals surface area contributed by atoms with Crippen molar-refractivity contribution >= 4 is 29.3 Å². The van der Waals surface area contributed by atoms with Crippen molar-refractivity contribution < 1.29 is 9.18 Å². The van der Waals surface area contributed by atoms with Gasteiger partial charge in [0.15, 0.2) is 11.0 Å². The van der Waals surface area contributed by atoms with Crippen LogP contribution < -0.4 is 5.32 Å². The minimum Gasteiger partial charge on any atom is -0.351 e. The third-order valence-electron chi connectivity index (χ3n) is 5.30. The summed E-state index contributed by atoms with van der Waals surface area (Å²) in [7, 11) is 1.90. The van der Waals surface area contributed by atoms with Crippen LogP contribution in [-0.4, -0.2) is 26.4 Å². The molecule has 0 radical (unpaired) electrons. The summed E-state index contributed by atoms with van der Waals surface area (Å²) in [5.74, 6) is 0.280. The summed E-state index contributed by atoms with van der Waals surface area (Å²) in [5.41, 5.74) is 4.14. The molecule has 8 heteroatoms. The largest absolute Gasteiger partial charge is 0.351 e. The van der Waals surface area contributed by atoms with E-state index < -0.39 is 5.82 Å². The summed E-state index contributed by atoms with van der Waals surface area (Å²) in [5, 5.41) is 12.2. The fraction of sp³-hybridized carbons (Fsp3) is 0.318. The van der Waals surface area contributed by atoms with Gasteiger partial charge in [-0.1, -0.05) is 41.6 Å². The average molecular weight is 445 g/mol. The van der Waals surface area contributed by atoms with Crippen LogP contribution in [-0.2, 0) is 31.2 Å². The van der Waals surface area contributed by atoms with E-state index in [1.165, 1.54) is 47.9 Å². The maximum absolute atomic E-state index is 13.8. The highest BCUT2D eigenvalue weighted by Gasteiger charge is 2.16. The van der Waals surface area contributed by atoms with Crippen molar-refractivity contribution in [3.8, 4) is 11.4 Å². The Morgan fingerprint density at radius 2 is 2.00 bits per heavy atom. The van der Waals surface area contributed by atoms with Crippen LogP contribution >= 0.6 is 23.4 Å². The Kier molecular flexibility index (Phi) is 6.39. The number of rotatable bonds is 6. The van der Waals surface area contributed by atoms with Crippen LogP contribution in [0.5, 0.6) is 0 Å². The molecule has 1 aromatic heterocycles. The molecular weight excluding hydrogens is 423 g/mol. The van der Waals surface area contributed by atoms with E-state index in [0.29, 0.717) is 10.2 Å². The predicted molar refractivity (Wildman–Crippen MR) is 117 cm³/mol. The molecule has 2 aromatic carbocycles. The van der Waals surface area contributed by atoms with E-state index in [4.69, 9.17) is 11.6 Å². The summed E-state index contributed by atoms with van der Waals surface area (Å²) >= 11 is 7.29. The van der Waals surface area contributed by atoms with Crippen LogP contribution in [0.25, 0.3) is 11.4 Å². The van der Waals surface area contributed by atoms with E-state index in [0.717, 1.165) is 24.2 Å². The molecule has 0 spiro atoms. The Labute approximate surface area is 184 Å². The van der Waals surface area contributed by atoms with Gasteiger partial charge in [0.2, 0.25) is 5.91 Å². The number of hydrogen-bond donors (Lipinski definition) is 1. The number of aryl methyl sites for hydroxylation is 2. The summed E-state index contributed by atoms with van der Waals surface area (Å²) < 4.78 is 15.7. The fourth-order valence-electron chi connectivity index (χ4n) is 3.63. The van der Waals surface area contributed by atoms with Crippen molar-refractivity contribution in [1.29, 1.82) is 0 Å². The minimum absolute atomic E-state index is 0.0457. The van der Waals surface area contributed by atoms with Crippen molar-refractivity contribution in [2.24, 2.45) is 7.05 Å². The number of hydrogen-bond acceptors (Lipinski definition) is 4. The van der Waals surface area contributed by atoms with E-state index in [2.05, 4.69) is 33.7 Å². The number of carbonyl (C=O) groups is 1. The van der Waals surface area contributed by atoms with E-state index in [1.807, 2.05) is 11.6 Å². The molecule has 0 unspecified atom stereocenters. The second kappa shape index (κ2) is 9.18. The highest BCUT2D eigenvalue weighted by molar-refractivity contribution is 7.99. The smallest absolute Gasteiger partial charge is 0.230 e. The molecule has 1 aliphatic rings. The van der Waals surface area contributed by atoms with Crippen molar-refractivity contribution in [3.63, 3.8) is 0 Å². The van der Waals surface area contributed by atoms with E-state index in [1.54, 1.807) is 6.07 Å². The zero-order valence-corrected chi connectivity index (χ0v) is 18.2. The molecule has 4 rings (SSSR count). The van der Waals surface area contributed by atoms with E-state index in [9.17, 15) is 9.18 Å². The number of fused-ring (bicyclic) bond motifs is 1. The van der Waals surface area contributed by atoms with Crippen molar-refractivity contribution in [2.45, 2.75) is 37.4 Å². The van der Waals surface area contributed by atoms with Gasteiger partial charge in [0.25, 0.3) is 0 Å². The Morgan fingerprint density at radius 3 is 2.80 bits per heavy atom. The summed E-state index contributed by atoms with van der Waals surface area (Å²) in [4.78, 5) is 12.2. The number of nitrogens with one attached hydrogen (secondary N) is 1. The van der Waals surface area contributed by atoms with Crippen LogP contribution in [0.2, 0.25) is 5.02 Å². The first-order valence-corrected chi connectivity index (χ1v) is 11.2. The van der Waals surface area contributed by atoms with Crippen LogP contribution in [0, 0.1) is 5.82 Å². The maximum Gasteiger partial charge on any atom is 0.230 e. The van der Waals surface area contributed by atoms with Crippen LogP contribution in [0.15, 0.2) is 41.6 Å². The molecule has 5 nitrogen and oxygen atoms in total.